The fourth-order valence-electron chi connectivity index (χ4n) is 1.22. The molecule has 5 heteroatoms. The van der Waals surface area contributed by atoms with Crippen LogP contribution < -0.4 is 5.32 Å². The number of hydrogen-bond acceptors (Lipinski definition) is 3. The highest BCUT2D eigenvalue weighted by Gasteiger charge is 2.31. The van der Waals surface area contributed by atoms with Crippen LogP contribution in [0.2, 0.25) is 0 Å². The maximum Gasteiger partial charge on any atom is 0.331 e. The Bertz CT molecular complexity index is 248. The van der Waals surface area contributed by atoms with Crippen molar-refractivity contribution in [2.24, 2.45) is 0 Å². The highest BCUT2D eigenvalue weighted by atomic mass is 16.5. The number of nitrogens with one attached hydrogen (secondary N) is 1. The molecule has 16 heavy (non-hydrogen) atoms. The van der Waals surface area contributed by atoms with Crippen LogP contribution in [-0.2, 0) is 9.53 Å². The highest BCUT2D eigenvalue weighted by molar-refractivity contribution is 5.86. The fourth-order valence-corrected chi connectivity index (χ4v) is 1.22. The molecule has 5 nitrogen and oxygen atoms in total. The second-order valence-corrected chi connectivity index (χ2v) is 3.95. The van der Waals surface area contributed by atoms with Crippen LogP contribution in [0, 0.1) is 0 Å². The maximum atomic E-state index is 11.7. The van der Waals surface area contributed by atoms with Crippen LogP contribution in [0.4, 0.5) is 4.79 Å². The quantitative estimate of drug-likeness (QED) is 0.726. The third-order valence-corrected chi connectivity index (χ3v) is 2.26. The van der Waals surface area contributed by atoms with Gasteiger partial charge in [-0.1, -0.05) is 0 Å². The molecule has 0 unspecified atom stereocenters. The first-order chi connectivity index (χ1) is 7.38. The minimum absolute atomic E-state index is 0.247. The Morgan fingerprint density at radius 3 is 2.06 bits per heavy atom. The van der Waals surface area contributed by atoms with E-state index in [1.807, 2.05) is 13.8 Å². The summed E-state index contributed by atoms with van der Waals surface area (Å²) in [5, 5.41) is 2.66. The van der Waals surface area contributed by atoms with Crippen molar-refractivity contribution in [2.45, 2.75) is 40.2 Å². The molecule has 0 aliphatic rings. The Morgan fingerprint density at radius 2 is 1.69 bits per heavy atom. The normalized spacial score (nSPS) is 10.8. The van der Waals surface area contributed by atoms with Crippen molar-refractivity contribution in [1.29, 1.82) is 0 Å². The molecule has 0 aromatic heterocycles. The Hall–Kier alpha value is -1.26. The van der Waals surface area contributed by atoms with E-state index in [2.05, 4.69) is 5.32 Å². The zero-order valence-electron chi connectivity index (χ0n) is 10.8. The standard InChI is InChI=1S/C11H22N2O3/c1-6-13(7-2)10(15)12-11(4,5)9(14)16-8-3/h6-8H2,1-5H3,(H,12,15). The molecule has 0 aromatic carbocycles. The molecule has 2 amide bonds. The molecule has 0 fully saturated rings. The van der Waals surface area contributed by atoms with Crippen molar-refractivity contribution in [3.63, 3.8) is 0 Å². The van der Waals surface area contributed by atoms with Gasteiger partial charge in [-0.15, -0.1) is 0 Å². The molecule has 0 heterocycles. The molecule has 0 atom stereocenters. The summed E-state index contributed by atoms with van der Waals surface area (Å²) in [6.07, 6.45) is 0. The molecule has 0 aliphatic carbocycles. The smallest absolute Gasteiger partial charge is 0.331 e. The summed E-state index contributed by atoms with van der Waals surface area (Å²) in [5.41, 5.74) is -0.990. The van der Waals surface area contributed by atoms with Crippen LogP contribution in [0.1, 0.15) is 34.6 Å². The SMILES string of the molecule is CCOC(=O)C(C)(C)NC(=O)N(CC)CC. The lowest BCUT2D eigenvalue weighted by atomic mass is 10.1. The van der Waals surface area contributed by atoms with E-state index in [0.717, 1.165) is 0 Å². The summed E-state index contributed by atoms with van der Waals surface area (Å²) in [5.74, 6) is -0.421. The molecule has 0 rings (SSSR count). The number of nitrogens with zero attached hydrogens (tertiary/aromatic N) is 1. The summed E-state index contributed by atoms with van der Waals surface area (Å²) in [7, 11) is 0. The van der Waals surface area contributed by atoms with Gasteiger partial charge in [0, 0.05) is 13.1 Å². The van der Waals surface area contributed by atoms with Crippen molar-refractivity contribution in [1.82, 2.24) is 10.2 Å². The first kappa shape index (κ1) is 14.7. The Balaban J connectivity index is 4.45. The van der Waals surface area contributed by atoms with Gasteiger partial charge in [0.15, 0.2) is 0 Å². The first-order valence-corrected chi connectivity index (χ1v) is 5.63. The predicted molar refractivity (Wildman–Crippen MR) is 62.2 cm³/mol. The topological polar surface area (TPSA) is 58.6 Å². The summed E-state index contributed by atoms with van der Waals surface area (Å²) in [6.45, 7) is 10.3. The summed E-state index contributed by atoms with van der Waals surface area (Å²) in [4.78, 5) is 24.9. The molecular weight excluding hydrogens is 208 g/mol. The zero-order valence-corrected chi connectivity index (χ0v) is 10.8. The number of carbonyl (C=O) groups is 2. The van der Waals surface area contributed by atoms with Crippen molar-refractivity contribution in [2.75, 3.05) is 19.7 Å². The van der Waals surface area contributed by atoms with Gasteiger partial charge in [-0.25, -0.2) is 9.59 Å². The van der Waals surface area contributed by atoms with E-state index in [9.17, 15) is 9.59 Å². The predicted octanol–water partition coefficient (Wildman–Crippen LogP) is 1.38. The number of ether oxygens (including phenoxy) is 1. The van der Waals surface area contributed by atoms with Crippen LogP contribution in [0.15, 0.2) is 0 Å². The second-order valence-electron chi connectivity index (χ2n) is 3.95. The van der Waals surface area contributed by atoms with E-state index >= 15 is 0 Å². The summed E-state index contributed by atoms with van der Waals surface area (Å²) >= 11 is 0. The Morgan fingerprint density at radius 1 is 1.19 bits per heavy atom. The highest BCUT2D eigenvalue weighted by Crippen LogP contribution is 2.06. The average molecular weight is 230 g/mol. The largest absolute Gasteiger partial charge is 0.464 e. The van der Waals surface area contributed by atoms with Gasteiger partial charge in [0.2, 0.25) is 0 Å². The van der Waals surface area contributed by atoms with Gasteiger partial charge in [-0.2, -0.15) is 0 Å². The lowest BCUT2D eigenvalue weighted by Crippen LogP contribution is -2.54. The van der Waals surface area contributed by atoms with Gasteiger partial charge in [0.25, 0.3) is 0 Å². The van der Waals surface area contributed by atoms with Gasteiger partial charge < -0.3 is 15.0 Å². The Kier molecular flexibility index (Phi) is 5.85. The van der Waals surface area contributed by atoms with Crippen LogP contribution >= 0.6 is 0 Å². The molecule has 0 aromatic rings. The van der Waals surface area contributed by atoms with Crippen LogP contribution in [0.3, 0.4) is 0 Å². The molecule has 0 saturated carbocycles. The first-order valence-electron chi connectivity index (χ1n) is 5.63. The van der Waals surface area contributed by atoms with Gasteiger partial charge in [-0.05, 0) is 34.6 Å². The van der Waals surface area contributed by atoms with Crippen molar-refractivity contribution in [3.05, 3.63) is 0 Å². The zero-order chi connectivity index (χ0) is 12.8. The van der Waals surface area contributed by atoms with E-state index < -0.39 is 11.5 Å². The number of urea groups is 1. The minimum Gasteiger partial charge on any atom is -0.464 e. The van der Waals surface area contributed by atoms with E-state index in [1.165, 1.54) is 0 Å². The second kappa shape index (κ2) is 6.35. The van der Waals surface area contributed by atoms with Crippen LogP contribution in [0.5, 0.6) is 0 Å². The fraction of sp³-hybridized carbons (Fsp3) is 0.818. The molecule has 0 radical (unpaired) electrons. The number of esters is 1. The summed E-state index contributed by atoms with van der Waals surface area (Å²) < 4.78 is 4.88. The molecule has 0 bridgehead atoms. The number of hydrogen-bond donors (Lipinski definition) is 1. The number of carbonyl (C=O) groups excluding carboxylic acids is 2. The lowest BCUT2D eigenvalue weighted by Gasteiger charge is -2.28. The monoisotopic (exact) mass is 230 g/mol. The maximum absolute atomic E-state index is 11.7. The number of amides is 2. The van der Waals surface area contributed by atoms with Gasteiger partial charge >= 0.3 is 12.0 Å². The third-order valence-electron chi connectivity index (χ3n) is 2.26. The van der Waals surface area contributed by atoms with E-state index in [-0.39, 0.29) is 6.03 Å². The Labute approximate surface area is 97.1 Å². The third kappa shape index (κ3) is 4.08. The van der Waals surface area contributed by atoms with Gasteiger partial charge in [-0.3, -0.25) is 0 Å². The van der Waals surface area contributed by atoms with E-state index in [4.69, 9.17) is 4.74 Å². The van der Waals surface area contributed by atoms with Gasteiger partial charge in [0.05, 0.1) is 6.61 Å². The minimum atomic E-state index is -0.990. The van der Waals surface area contributed by atoms with Gasteiger partial charge in [0.1, 0.15) is 5.54 Å². The van der Waals surface area contributed by atoms with Crippen LogP contribution in [0.25, 0.3) is 0 Å². The number of rotatable bonds is 5. The molecular formula is C11H22N2O3. The van der Waals surface area contributed by atoms with E-state index in [1.54, 1.807) is 25.7 Å². The lowest BCUT2D eigenvalue weighted by molar-refractivity contribution is -0.149. The van der Waals surface area contributed by atoms with E-state index in [0.29, 0.717) is 19.7 Å². The average Bonchev–Trinajstić information content (AvgIpc) is 2.19. The van der Waals surface area contributed by atoms with Crippen molar-refractivity contribution in [3.8, 4) is 0 Å². The molecule has 0 spiro atoms. The van der Waals surface area contributed by atoms with Crippen molar-refractivity contribution >= 4 is 12.0 Å². The van der Waals surface area contributed by atoms with Crippen LogP contribution in [-0.4, -0.2) is 42.1 Å². The summed E-state index contributed by atoms with van der Waals surface area (Å²) in [6, 6.07) is -0.247. The molecule has 1 N–H and O–H groups in total. The molecule has 0 aliphatic heterocycles. The van der Waals surface area contributed by atoms with Crippen molar-refractivity contribution < 1.29 is 14.3 Å². The molecule has 94 valence electrons. The molecule has 0 saturated heterocycles.